The molecular weight excluding hydrogens is 354 g/mol. The quantitative estimate of drug-likeness (QED) is 0.688. The summed E-state index contributed by atoms with van der Waals surface area (Å²) in [6.45, 7) is 0.290. The van der Waals surface area contributed by atoms with Crippen molar-refractivity contribution in [2.24, 2.45) is 0 Å². The van der Waals surface area contributed by atoms with Crippen LogP contribution in [0.4, 0.5) is 0 Å². The number of benzene rings is 2. The lowest BCUT2D eigenvalue weighted by atomic mass is 10.2. The van der Waals surface area contributed by atoms with Crippen LogP contribution in [0.25, 0.3) is 10.9 Å². The third-order valence-electron chi connectivity index (χ3n) is 4.09. The molecule has 7 heteroatoms. The first-order valence-electron chi connectivity index (χ1n) is 7.98. The number of carboxylic acids is 1. The van der Waals surface area contributed by atoms with Gasteiger partial charge in [0.1, 0.15) is 11.5 Å². The zero-order valence-corrected chi connectivity index (χ0v) is 15.3. The van der Waals surface area contributed by atoms with Crippen LogP contribution in [0.2, 0.25) is 0 Å². The number of rotatable bonds is 7. The van der Waals surface area contributed by atoms with Crippen LogP contribution in [-0.2, 0) is 22.1 Å². The van der Waals surface area contributed by atoms with E-state index >= 15 is 0 Å². The molecule has 136 valence electrons. The second-order valence-corrected chi connectivity index (χ2v) is 7.11. The third kappa shape index (κ3) is 3.57. The second-order valence-electron chi connectivity index (χ2n) is 5.66. The molecule has 0 aliphatic rings. The normalized spacial score (nSPS) is 12.1. The highest BCUT2D eigenvalue weighted by Gasteiger charge is 2.17. The zero-order valence-electron chi connectivity index (χ0n) is 14.5. The van der Waals surface area contributed by atoms with Crippen LogP contribution in [0, 0.1) is 0 Å². The topological polar surface area (TPSA) is 77.8 Å². The predicted octanol–water partition coefficient (Wildman–Crippen LogP) is 3.30. The Balaban J connectivity index is 2.06. The molecule has 0 radical (unpaired) electrons. The van der Waals surface area contributed by atoms with Gasteiger partial charge in [0.2, 0.25) is 0 Å². The predicted molar refractivity (Wildman–Crippen MR) is 98.4 cm³/mol. The largest absolute Gasteiger partial charge is 0.497 e. The Bertz CT molecular complexity index is 962. The lowest BCUT2D eigenvalue weighted by molar-refractivity contribution is -0.137. The third-order valence-corrected chi connectivity index (χ3v) is 5.52. The van der Waals surface area contributed by atoms with Crippen molar-refractivity contribution in [3.8, 4) is 11.5 Å². The SMILES string of the molecule is COc1ccc(S(=O)c2cn(CCC(=O)O)c3cc(OC)ccc23)cc1. The monoisotopic (exact) mass is 373 g/mol. The minimum absolute atomic E-state index is 0.0183. The highest BCUT2D eigenvalue weighted by Crippen LogP contribution is 2.31. The van der Waals surface area contributed by atoms with E-state index in [1.807, 2.05) is 16.7 Å². The molecule has 2 aromatic carbocycles. The van der Waals surface area contributed by atoms with Gasteiger partial charge in [0.05, 0.1) is 41.9 Å². The van der Waals surface area contributed by atoms with Crippen molar-refractivity contribution in [3.63, 3.8) is 0 Å². The van der Waals surface area contributed by atoms with E-state index in [4.69, 9.17) is 14.6 Å². The van der Waals surface area contributed by atoms with E-state index in [1.165, 1.54) is 0 Å². The molecule has 1 heterocycles. The molecule has 0 aliphatic heterocycles. The Morgan fingerprint density at radius 2 is 1.73 bits per heavy atom. The van der Waals surface area contributed by atoms with Crippen molar-refractivity contribution < 1.29 is 23.6 Å². The minimum Gasteiger partial charge on any atom is -0.497 e. The number of hydrogen-bond acceptors (Lipinski definition) is 4. The summed E-state index contributed by atoms with van der Waals surface area (Å²) in [4.78, 5) is 12.2. The average Bonchev–Trinajstić information content (AvgIpc) is 3.03. The molecule has 3 aromatic rings. The Kier molecular flexibility index (Phi) is 5.27. The standard InChI is InChI=1S/C19H19NO5S/c1-24-13-3-6-15(7-4-13)26(23)18-12-20(10-9-19(21)22)17-11-14(25-2)5-8-16(17)18/h3-8,11-12H,9-10H2,1-2H3,(H,21,22). The molecule has 0 bridgehead atoms. The number of nitrogens with zero attached hydrogens (tertiary/aromatic N) is 1. The van der Waals surface area contributed by atoms with Crippen LogP contribution < -0.4 is 9.47 Å². The van der Waals surface area contributed by atoms with Gasteiger partial charge in [0, 0.05) is 29.1 Å². The maximum Gasteiger partial charge on any atom is 0.305 e. The molecular formula is C19H19NO5S. The van der Waals surface area contributed by atoms with Crippen molar-refractivity contribution >= 4 is 27.7 Å². The summed E-state index contributed by atoms with van der Waals surface area (Å²) in [6.07, 6.45) is 1.74. The van der Waals surface area contributed by atoms with Crippen LogP contribution in [0.15, 0.2) is 58.5 Å². The van der Waals surface area contributed by atoms with Crippen LogP contribution >= 0.6 is 0 Å². The summed E-state index contributed by atoms with van der Waals surface area (Å²) in [7, 11) is 1.75. The number of methoxy groups -OCH3 is 2. The van der Waals surface area contributed by atoms with E-state index in [0.29, 0.717) is 27.8 Å². The van der Waals surface area contributed by atoms with E-state index in [2.05, 4.69) is 0 Å². The smallest absolute Gasteiger partial charge is 0.305 e. The minimum atomic E-state index is -1.40. The molecule has 0 aliphatic carbocycles. The van der Waals surface area contributed by atoms with Gasteiger partial charge in [-0.25, -0.2) is 4.21 Å². The number of hydrogen-bond donors (Lipinski definition) is 1. The highest BCUT2D eigenvalue weighted by molar-refractivity contribution is 7.85. The Morgan fingerprint density at radius 3 is 2.35 bits per heavy atom. The molecule has 1 aromatic heterocycles. The Labute approximate surface area is 153 Å². The van der Waals surface area contributed by atoms with Gasteiger partial charge in [-0.05, 0) is 36.4 Å². The summed E-state index contributed by atoms with van der Waals surface area (Å²) < 4.78 is 25.3. The van der Waals surface area contributed by atoms with Gasteiger partial charge in [-0.3, -0.25) is 4.79 Å². The van der Waals surface area contributed by atoms with Crippen molar-refractivity contribution in [1.29, 1.82) is 0 Å². The summed E-state index contributed by atoms with van der Waals surface area (Å²) in [6, 6.07) is 12.5. The summed E-state index contributed by atoms with van der Waals surface area (Å²) in [5, 5.41) is 9.79. The van der Waals surface area contributed by atoms with Gasteiger partial charge in [-0.15, -0.1) is 0 Å². The molecule has 0 spiro atoms. The van der Waals surface area contributed by atoms with Gasteiger partial charge in [-0.1, -0.05) is 0 Å². The van der Waals surface area contributed by atoms with E-state index < -0.39 is 16.8 Å². The van der Waals surface area contributed by atoms with Gasteiger partial charge in [0.25, 0.3) is 0 Å². The van der Waals surface area contributed by atoms with E-state index in [9.17, 15) is 9.00 Å². The fourth-order valence-electron chi connectivity index (χ4n) is 2.74. The fourth-order valence-corrected chi connectivity index (χ4v) is 3.97. The van der Waals surface area contributed by atoms with Gasteiger partial charge < -0.3 is 19.1 Å². The maximum absolute atomic E-state index is 13.1. The number of carbonyl (C=O) groups is 1. The van der Waals surface area contributed by atoms with Crippen LogP contribution in [0.3, 0.4) is 0 Å². The Morgan fingerprint density at radius 1 is 1.08 bits per heavy atom. The van der Waals surface area contributed by atoms with Crippen LogP contribution in [0.1, 0.15) is 6.42 Å². The molecule has 1 atom stereocenters. The molecule has 0 saturated heterocycles. The first kappa shape index (κ1) is 18.0. The van der Waals surface area contributed by atoms with Crippen LogP contribution in [-0.4, -0.2) is 34.1 Å². The average molecular weight is 373 g/mol. The molecule has 3 rings (SSSR count). The summed E-state index contributed by atoms with van der Waals surface area (Å²) in [5.74, 6) is 0.473. The lowest BCUT2D eigenvalue weighted by Gasteiger charge is -2.05. The molecule has 1 unspecified atom stereocenters. The van der Waals surface area contributed by atoms with E-state index in [0.717, 1.165) is 10.9 Å². The Hall–Kier alpha value is -2.80. The summed E-state index contributed by atoms with van der Waals surface area (Å²) >= 11 is 0. The number of ether oxygens (including phenoxy) is 2. The summed E-state index contributed by atoms with van der Waals surface area (Å²) in [5.41, 5.74) is 0.794. The van der Waals surface area contributed by atoms with Gasteiger partial charge in [0.15, 0.2) is 0 Å². The van der Waals surface area contributed by atoms with Crippen LogP contribution in [0.5, 0.6) is 11.5 Å². The molecule has 26 heavy (non-hydrogen) atoms. The van der Waals surface area contributed by atoms with Gasteiger partial charge >= 0.3 is 5.97 Å². The maximum atomic E-state index is 13.1. The zero-order chi connectivity index (χ0) is 18.7. The van der Waals surface area contributed by atoms with Crippen molar-refractivity contribution in [1.82, 2.24) is 4.57 Å². The molecule has 6 nitrogen and oxygen atoms in total. The van der Waals surface area contributed by atoms with Crippen molar-refractivity contribution in [2.75, 3.05) is 14.2 Å². The highest BCUT2D eigenvalue weighted by atomic mass is 32.2. The number of carboxylic acid groups (broad SMARTS) is 1. The molecule has 0 fully saturated rings. The van der Waals surface area contributed by atoms with Crippen molar-refractivity contribution in [2.45, 2.75) is 22.8 Å². The van der Waals surface area contributed by atoms with Gasteiger partial charge in [-0.2, -0.15) is 0 Å². The number of aromatic nitrogens is 1. The molecule has 0 saturated carbocycles. The second kappa shape index (κ2) is 7.61. The fraction of sp³-hybridized carbons (Fsp3) is 0.211. The van der Waals surface area contributed by atoms with E-state index in [-0.39, 0.29) is 6.42 Å². The number of aliphatic carboxylic acids is 1. The molecule has 0 amide bonds. The first-order valence-corrected chi connectivity index (χ1v) is 9.13. The van der Waals surface area contributed by atoms with E-state index in [1.54, 1.807) is 50.7 Å². The molecule has 1 N–H and O–H groups in total. The first-order chi connectivity index (χ1) is 12.5. The number of fused-ring (bicyclic) bond motifs is 1. The lowest BCUT2D eigenvalue weighted by Crippen LogP contribution is -2.03. The number of aryl methyl sites for hydroxylation is 1. The van der Waals surface area contributed by atoms with Crippen molar-refractivity contribution in [3.05, 3.63) is 48.7 Å².